The summed E-state index contributed by atoms with van der Waals surface area (Å²) in [5.41, 5.74) is 5.64. The van der Waals surface area contributed by atoms with Crippen LogP contribution < -0.4 is 0 Å². The summed E-state index contributed by atoms with van der Waals surface area (Å²) < 4.78 is 0. The van der Waals surface area contributed by atoms with Crippen LogP contribution in [0.3, 0.4) is 0 Å². The summed E-state index contributed by atoms with van der Waals surface area (Å²) in [6.07, 6.45) is 4.01. The van der Waals surface area contributed by atoms with E-state index in [1.54, 1.807) is 0 Å². The van der Waals surface area contributed by atoms with E-state index in [9.17, 15) is 0 Å². The Labute approximate surface area is 215 Å². The molecule has 2 aliphatic carbocycles. The third-order valence-corrected chi connectivity index (χ3v) is 11.1. The van der Waals surface area contributed by atoms with E-state index in [1.807, 2.05) is 0 Å². The van der Waals surface area contributed by atoms with Crippen molar-refractivity contribution in [2.45, 2.75) is 29.6 Å². The molecule has 2 heteroatoms. The molecule has 4 aromatic carbocycles. The molecule has 0 saturated heterocycles. The number of hydrogen-bond acceptors (Lipinski definition) is 0. The number of rotatable bonds is 6. The molecular weight excluding hydrogens is 458 g/mol. The summed E-state index contributed by atoms with van der Waals surface area (Å²) in [7, 11) is 6.82. The van der Waals surface area contributed by atoms with E-state index in [1.165, 1.54) is 41.5 Å². The van der Waals surface area contributed by atoms with Crippen LogP contribution in [0, 0.1) is 23.7 Å². The van der Waals surface area contributed by atoms with Crippen LogP contribution in [0.15, 0.2) is 121 Å². The average Bonchev–Trinajstić information content (AvgIpc) is 3.57. The van der Waals surface area contributed by atoms with E-state index >= 15 is 0 Å². The minimum absolute atomic E-state index is 0.140. The maximum Gasteiger partial charge on any atom is 0.0378 e. The van der Waals surface area contributed by atoms with Crippen molar-refractivity contribution >= 4 is 18.5 Å². The van der Waals surface area contributed by atoms with Crippen molar-refractivity contribution < 1.29 is 0 Å². The highest BCUT2D eigenvalue weighted by Crippen LogP contribution is 2.69. The lowest BCUT2D eigenvalue weighted by Gasteiger charge is -2.52. The van der Waals surface area contributed by atoms with Gasteiger partial charge in [0, 0.05) is 10.3 Å². The molecule has 35 heavy (non-hydrogen) atoms. The fourth-order valence-electron chi connectivity index (χ4n) is 7.56. The third-order valence-electron chi connectivity index (χ3n) is 8.97. The monoisotopic (exact) mass is 492 g/mol. The third kappa shape index (κ3) is 3.73. The van der Waals surface area contributed by atoms with Gasteiger partial charge >= 0.3 is 0 Å². The lowest BCUT2D eigenvalue weighted by Crippen LogP contribution is -2.46. The Morgan fingerprint density at radius 2 is 0.686 bits per heavy atom. The van der Waals surface area contributed by atoms with E-state index in [0.717, 1.165) is 11.8 Å². The van der Waals surface area contributed by atoms with Crippen LogP contribution in [0.25, 0.3) is 0 Å². The summed E-state index contributed by atoms with van der Waals surface area (Å²) in [5, 5.41) is -0.281. The first kappa shape index (κ1) is 23.2. The van der Waals surface area contributed by atoms with E-state index < -0.39 is 0 Å². The van der Waals surface area contributed by atoms with Crippen molar-refractivity contribution in [3.63, 3.8) is 0 Å². The Kier molecular flexibility index (Phi) is 6.16. The molecule has 0 nitrogen and oxygen atoms in total. The quantitative estimate of drug-likeness (QED) is 0.238. The second-order valence-corrected chi connectivity index (χ2v) is 12.4. The molecule has 6 atom stereocenters. The number of hydrogen-bond donors (Lipinski definition) is 0. The molecule has 0 spiro atoms. The minimum atomic E-state index is -0.140. The van der Waals surface area contributed by atoms with Gasteiger partial charge in [0.1, 0.15) is 0 Å². The second-order valence-electron chi connectivity index (χ2n) is 10.6. The van der Waals surface area contributed by atoms with Gasteiger partial charge in [-0.05, 0) is 65.2 Å². The Morgan fingerprint density at radius 3 is 0.943 bits per heavy atom. The largest absolute Gasteiger partial charge is 0.121 e. The van der Waals surface area contributed by atoms with Crippen LogP contribution in [0.2, 0.25) is 0 Å². The van der Waals surface area contributed by atoms with Crippen molar-refractivity contribution in [3.8, 4) is 0 Å². The van der Waals surface area contributed by atoms with E-state index in [4.69, 9.17) is 0 Å². The van der Waals surface area contributed by atoms with Gasteiger partial charge in [-0.2, -0.15) is 0 Å². The topological polar surface area (TPSA) is 0 Å². The molecule has 0 aliphatic heterocycles. The van der Waals surface area contributed by atoms with Crippen LogP contribution >= 0.6 is 18.5 Å². The van der Waals surface area contributed by atoms with Crippen LogP contribution in [-0.2, 0) is 10.3 Å². The summed E-state index contributed by atoms with van der Waals surface area (Å²) >= 11 is 0. The lowest BCUT2D eigenvalue weighted by atomic mass is 9.60. The predicted molar refractivity (Wildman–Crippen MR) is 155 cm³/mol. The first-order chi connectivity index (χ1) is 17.1. The summed E-state index contributed by atoms with van der Waals surface area (Å²) in [4.78, 5) is 0. The van der Waals surface area contributed by atoms with Gasteiger partial charge in [0.05, 0.1) is 0 Å². The zero-order valence-electron chi connectivity index (χ0n) is 20.1. The SMILES string of the molecule is PC(c1ccccc1)(c1ccccc1)C1C2CCC(C2)C1C(P)(c1ccccc1)c1ccccc1. The molecule has 0 aromatic heterocycles. The molecular formula is C33H34P2. The summed E-state index contributed by atoms with van der Waals surface area (Å²) in [6, 6.07) is 45.0. The maximum absolute atomic E-state index is 3.41. The first-order valence-corrected chi connectivity index (χ1v) is 14.1. The maximum atomic E-state index is 3.41. The van der Waals surface area contributed by atoms with E-state index in [-0.39, 0.29) is 10.3 Å². The number of fused-ring (bicyclic) bond motifs is 2. The van der Waals surface area contributed by atoms with Gasteiger partial charge in [0.15, 0.2) is 0 Å². The molecule has 0 amide bonds. The van der Waals surface area contributed by atoms with Crippen molar-refractivity contribution in [3.05, 3.63) is 144 Å². The van der Waals surface area contributed by atoms with Gasteiger partial charge in [0.2, 0.25) is 0 Å². The van der Waals surface area contributed by atoms with E-state index in [0.29, 0.717) is 11.8 Å². The minimum Gasteiger partial charge on any atom is -0.121 e. The van der Waals surface area contributed by atoms with Gasteiger partial charge in [-0.25, -0.2) is 0 Å². The first-order valence-electron chi connectivity index (χ1n) is 12.9. The Morgan fingerprint density at radius 1 is 0.429 bits per heavy atom. The molecule has 4 aromatic rings. The highest BCUT2D eigenvalue weighted by atomic mass is 31.0. The van der Waals surface area contributed by atoms with Crippen molar-refractivity contribution in [2.24, 2.45) is 23.7 Å². The highest BCUT2D eigenvalue weighted by molar-refractivity contribution is 7.19. The predicted octanol–water partition coefficient (Wildman–Crippen LogP) is 8.29. The van der Waals surface area contributed by atoms with Crippen LogP contribution in [-0.4, -0.2) is 0 Å². The fourth-order valence-corrected chi connectivity index (χ4v) is 9.29. The smallest absolute Gasteiger partial charge is 0.0378 e. The van der Waals surface area contributed by atoms with Crippen LogP contribution in [0.5, 0.6) is 0 Å². The molecule has 2 aliphatic rings. The second kappa shape index (κ2) is 9.32. The van der Waals surface area contributed by atoms with Crippen LogP contribution in [0.4, 0.5) is 0 Å². The van der Waals surface area contributed by atoms with Gasteiger partial charge in [-0.3, -0.25) is 0 Å². The zero-order chi connectivity index (χ0) is 23.9. The molecule has 6 unspecified atom stereocenters. The molecule has 0 N–H and O–H groups in total. The molecule has 176 valence electrons. The lowest BCUT2D eigenvalue weighted by molar-refractivity contribution is 0.154. The van der Waals surface area contributed by atoms with Gasteiger partial charge < -0.3 is 0 Å². The standard InChI is InChI=1S/C33H34P2/c34-32(26-13-5-1-6-14-26,27-15-7-2-8-16-27)30-24-21-22-25(23-24)31(30)33(35,28-17-9-3-10-18-28)29-19-11-4-12-20-29/h1-20,24-25,30-31H,21-23,34-35H2. The zero-order valence-corrected chi connectivity index (χ0v) is 22.4. The van der Waals surface area contributed by atoms with Gasteiger partial charge in [-0.15, -0.1) is 18.5 Å². The van der Waals surface area contributed by atoms with Crippen molar-refractivity contribution in [2.75, 3.05) is 0 Å². The normalized spacial score (nSPS) is 23.9. The molecule has 2 saturated carbocycles. The van der Waals surface area contributed by atoms with E-state index in [2.05, 4.69) is 140 Å². The molecule has 2 fully saturated rings. The molecule has 2 bridgehead atoms. The van der Waals surface area contributed by atoms with Gasteiger partial charge in [0.25, 0.3) is 0 Å². The molecule has 6 rings (SSSR count). The molecule has 0 radical (unpaired) electrons. The number of benzene rings is 4. The highest BCUT2D eigenvalue weighted by Gasteiger charge is 2.61. The van der Waals surface area contributed by atoms with Crippen LogP contribution in [0.1, 0.15) is 41.5 Å². The van der Waals surface area contributed by atoms with Crippen molar-refractivity contribution in [1.82, 2.24) is 0 Å². The van der Waals surface area contributed by atoms with Gasteiger partial charge in [-0.1, -0.05) is 121 Å². The Bertz CT molecular complexity index is 1070. The Hall–Kier alpha value is -2.26. The average molecular weight is 493 g/mol. The van der Waals surface area contributed by atoms with Crippen molar-refractivity contribution in [1.29, 1.82) is 0 Å². The Balaban J connectivity index is 1.60. The molecule has 0 heterocycles. The summed E-state index contributed by atoms with van der Waals surface area (Å²) in [5.74, 6) is 2.45. The fraction of sp³-hybridized carbons (Fsp3) is 0.273. The summed E-state index contributed by atoms with van der Waals surface area (Å²) in [6.45, 7) is 0.